The van der Waals surface area contributed by atoms with Crippen LogP contribution in [0.25, 0.3) is 0 Å². The lowest BCUT2D eigenvalue weighted by Crippen LogP contribution is -2.05. The largest absolute Gasteiger partial charge is 0.497 e. The fourth-order valence-corrected chi connectivity index (χ4v) is 7.92. The predicted molar refractivity (Wildman–Crippen MR) is 412 cm³/mol. The van der Waals surface area contributed by atoms with E-state index in [0.717, 1.165) is 93.8 Å². The molecule has 0 aliphatic heterocycles. The number of nitrogens with one attached hydrogen (secondary N) is 2. The van der Waals surface area contributed by atoms with Crippen molar-refractivity contribution < 1.29 is 23.8 Å². The highest BCUT2D eigenvalue weighted by Gasteiger charge is 2.00. The third kappa shape index (κ3) is 43.3. The topological polar surface area (TPSA) is 346 Å². The first-order valence-corrected chi connectivity index (χ1v) is 32.3. The van der Waals surface area contributed by atoms with Gasteiger partial charge in [-0.2, -0.15) is 0 Å². The minimum absolute atomic E-state index is 0.0743. The number of hydrogen-bond donors (Lipinski definition) is 13. The molecule has 0 atom stereocenters. The maximum atomic E-state index is 10.6. The van der Waals surface area contributed by atoms with E-state index in [0.29, 0.717) is 29.4 Å². The Morgan fingerprint density at radius 1 is 0.441 bits per heavy atom. The quantitative estimate of drug-likeness (QED) is 0.0276. The second kappa shape index (κ2) is 49.5. The first-order valence-electron chi connectivity index (χ1n) is 28.3. The van der Waals surface area contributed by atoms with Gasteiger partial charge in [-0.15, -0.1) is 24.4 Å². The standard InChI is InChI=1S/C10H15NO.2C8H10N2O.C8H11NO2.C7H9NS.3C6H6BrN.C6H7NS.C6H7N/c1-2-6-12-8-9-4-3-5-10(11)7-9;1-6(11)10-8-4-2-7(9)3-5-8;1-6(11)10-8-4-2-3-7(9)5-8;1-10-6-3-4-7(9)8(5-6)11-2;1-9-7-4-2-6(8)3-5-7;7-5-1-3-6(8)4-2-5;7-5-2-1-3-6(8)4-5;7-5-3-1-2-4-6(5)8;7-5-1-3-6(8)4-2-5;7-6-4-2-1-3-5-6/h3-5,7H,2,6,8,11H2,1H3;2*2-5H,9H2,1H3,(H,10,11);3-5H,9H2,1-2H3;2-5H,8H2,1H3;3*1-4H,8H2;1-4,8H,7H2;1-5H,7H2. The van der Waals surface area contributed by atoms with Gasteiger partial charge < -0.3 is 82.2 Å². The Morgan fingerprint density at radius 2 is 0.903 bits per heavy atom. The summed E-state index contributed by atoms with van der Waals surface area (Å²) in [7, 11) is 3.18. The maximum Gasteiger partial charge on any atom is 0.221 e. The Hall–Kier alpha value is -9.16. The van der Waals surface area contributed by atoms with Crippen LogP contribution in [0, 0.1) is 0 Å². The summed E-state index contributed by atoms with van der Waals surface area (Å²) in [6.07, 6.45) is 3.10. The number of anilines is 12. The van der Waals surface area contributed by atoms with Gasteiger partial charge in [-0.1, -0.05) is 93.4 Å². The number of carbonyl (C=O) groups is 2. The Bertz CT molecular complexity index is 3500. The molecule has 10 rings (SSSR count). The van der Waals surface area contributed by atoms with E-state index in [9.17, 15) is 9.59 Å². The summed E-state index contributed by atoms with van der Waals surface area (Å²) in [5.41, 5.74) is 64.8. The molecule has 93 heavy (non-hydrogen) atoms. The van der Waals surface area contributed by atoms with E-state index in [2.05, 4.69) is 78.0 Å². The summed E-state index contributed by atoms with van der Waals surface area (Å²) < 4.78 is 18.4. The van der Waals surface area contributed by atoms with Gasteiger partial charge in [0.2, 0.25) is 11.8 Å². The maximum absolute atomic E-state index is 10.6. The summed E-state index contributed by atoms with van der Waals surface area (Å²) in [6, 6.07) is 74.5. The minimum atomic E-state index is -0.0874. The summed E-state index contributed by atoms with van der Waals surface area (Å²) in [6.45, 7) is 6.51. The SMILES string of the molecule is CC(=O)Nc1ccc(N)cc1.CC(=O)Nc1cccc(N)c1.CCCOCc1cccc(N)c1.COc1ccc(N)c(OC)c1.CSc1ccc(N)cc1.Nc1ccc(Br)cc1.Nc1ccc(S)cc1.Nc1cccc(Br)c1.Nc1ccccc1.Nc1ccccc1Br. The number of carbonyl (C=O) groups excluding carboxylic acids is 2. The molecule has 0 fully saturated rings. The summed E-state index contributed by atoms with van der Waals surface area (Å²) in [4.78, 5) is 23.3. The van der Waals surface area contributed by atoms with Gasteiger partial charge in [-0.05, 0) is 216 Å². The molecule has 10 aromatic rings. The van der Waals surface area contributed by atoms with Crippen LogP contribution in [0.1, 0.15) is 32.8 Å². The summed E-state index contributed by atoms with van der Waals surface area (Å²) >= 11 is 15.6. The van der Waals surface area contributed by atoms with E-state index in [4.69, 9.17) is 71.5 Å². The van der Waals surface area contributed by atoms with Crippen LogP contribution in [0.15, 0.2) is 266 Å². The molecule has 0 unspecified atom stereocenters. The van der Waals surface area contributed by atoms with Crippen molar-refractivity contribution in [1.82, 2.24) is 0 Å². The zero-order valence-corrected chi connectivity index (χ0v) is 59.5. The molecule has 0 aromatic heterocycles. The molecule has 0 bridgehead atoms. The van der Waals surface area contributed by atoms with Crippen molar-refractivity contribution in [3.05, 3.63) is 262 Å². The molecule has 0 saturated carbocycles. The number of amides is 2. The first-order chi connectivity index (χ1) is 44.4. The van der Waals surface area contributed by atoms with E-state index in [1.807, 2.05) is 182 Å². The molecule has 0 radical (unpaired) electrons. The van der Waals surface area contributed by atoms with Crippen molar-refractivity contribution >= 4 is 152 Å². The summed E-state index contributed by atoms with van der Waals surface area (Å²) in [5, 5.41) is 5.26. The van der Waals surface area contributed by atoms with E-state index in [-0.39, 0.29) is 11.8 Å². The van der Waals surface area contributed by atoms with E-state index < -0.39 is 0 Å². The zero-order chi connectivity index (χ0) is 69.3. The third-order valence-corrected chi connectivity index (χ3v) is 13.7. The van der Waals surface area contributed by atoms with Crippen molar-refractivity contribution in [3.8, 4) is 11.5 Å². The molecule has 0 spiro atoms. The van der Waals surface area contributed by atoms with Crippen LogP contribution in [-0.4, -0.2) is 38.9 Å². The smallest absolute Gasteiger partial charge is 0.221 e. The van der Waals surface area contributed by atoms with Gasteiger partial charge in [0.1, 0.15) is 11.5 Å². The molecule has 2 amide bonds. The van der Waals surface area contributed by atoms with Gasteiger partial charge >= 0.3 is 0 Å². The molecule has 10 aromatic carbocycles. The fraction of sp³-hybridized carbons (Fsp3) is 0.127. The van der Waals surface area contributed by atoms with Crippen molar-refractivity contribution in [2.75, 3.05) is 95.1 Å². The van der Waals surface area contributed by atoms with Crippen LogP contribution in [0.5, 0.6) is 11.5 Å². The first kappa shape index (κ1) is 81.9. The number of ether oxygens (including phenoxy) is 3. The lowest BCUT2D eigenvalue weighted by Gasteiger charge is -2.05. The van der Waals surface area contributed by atoms with Crippen LogP contribution >= 0.6 is 72.2 Å². The van der Waals surface area contributed by atoms with Crippen LogP contribution in [0.4, 0.5) is 68.2 Å². The van der Waals surface area contributed by atoms with Crippen LogP contribution < -0.4 is 77.4 Å². The normalized spacial score (nSPS) is 9.27. The van der Waals surface area contributed by atoms with Gasteiger partial charge in [-0.3, -0.25) is 9.59 Å². The monoisotopic (exact) mass is 1490 g/mol. The lowest BCUT2D eigenvalue weighted by atomic mass is 10.2. The van der Waals surface area contributed by atoms with Gasteiger partial charge in [0, 0.05) is 112 Å². The second-order valence-corrected chi connectivity index (χ2v) is 23.0. The minimum Gasteiger partial charge on any atom is -0.497 e. The molecule has 0 saturated heterocycles. The molecule has 0 aliphatic carbocycles. The highest BCUT2D eigenvalue weighted by atomic mass is 79.9. The Kier molecular flexibility index (Phi) is 43.6. The number of thioether (sulfide) groups is 1. The van der Waals surface area contributed by atoms with Crippen LogP contribution in [0.2, 0.25) is 0 Å². The number of benzene rings is 10. The number of nitrogen functional groups attached to an aromatic ring is 10. The number of hydrogen-bond acceptors (Lipinski definition) is 17. The Balaban J connectivity index is 0.000000519. The van der Waals surface area contributed by atoms with Crippen LogP contribution in [-0.2, 0) is 20.9 Å². The molecule has 17 nitrogen and oxygen atoms in total. The van der Waals surface area contributed by atoms with Crippen molar-refractivity contribution in [1.29, 1.82) is 0 Å². The highest BCUT2D eigenvalue weighted by molar-refractivity contribution is 9.11. The van der Waals surface area contributed by atoms with E-state index in [1.54, 1.807) is 92.7 Å². The molecule has 22 N–H and O–H groups in total. The zero-order valence-electron chi connectivity index (χ0n) is 53.0. The average molecular weight is 1490 g/mol. The number of rotatable bonds is 9. The van der Waals surface area contributed by atoms with Gasteiger partial charge in [0.15, 0.2) is 0 Å². The van der Waals surface area contributed by atoms with Gasteiger partial charge in [0.25, 0.3) is 0 Å². The summed E-state index contributed by atoms with van der Waals surface area (Å²) in [5.74, 6) is 1.23. The highest BCUT2D eigenvalue weighted by Crippen LogP contribution is 2.26. The number of halogens is 3. The number of methoxy groups -OCH3 is 2. The van der Waals surface area contributed by atoms with Gasteiger partial charge in [-0.25, -0.2) is 0 Å². The molecule has 22 heteroatoms. The molecular formula is C71H87Br3N12O5S2. The van der Waals surface area contributed by atoms with Crippen LogP contribution in [0.3, 0.4) is 0 Å². The van der Waals surface area contributed by atoms with E-state index >= 15 is 0 Å². The number of para-hydroxylation sites is 2. The average Bonchev–Trinajstić information content (AvgIpc) is 2.23. The third-order valence-electron chi connectivity index (χ3n) is 10.9. The molecule has 494 valence electrons. The molecular weight excluding hydrogens is 1400 g/mol. The Labute approximate surface area is 583 Å². The predicted octanol–water partition coefficient (Wildman–Crippen LogP) is 16.8. The second-order valence-electron chi connectivity index (χ2n) is 18.9. The van der Waals surface area contributed by atoms with Crippen molar-refractivity contribution in [3.63, 3.8) is 0 Å². The fourth-order valence-electron chi connectivity index (χ4n) is 6.40. The Morgan fingerprint density at radius 3 is 1.31 bits per heavy atom. The molecule has 0 heterocycles. The van der Waals surface area contributed by atoms with Gasteiger partial charge in [0.05, 0.1) is 26.5 Å². The number of nitrogens with two attached hydrogens (primary N) is 10. The van der Waals surface area contributed by atoms with Crippen molar-refractivity contribution in [2.45, 2.75) is 43.6 Å². The lowest BCUT2D eigenvalue weighted by molar-refractivity contribution is -0.115. The number of thiol groups is 1. The van der Waals surface area contributed by atoms with Crippen molar-refractivity contribution in [2.24, 2.45) is 0 Å². The van der Waals surface area contributed by atoms with E-state index in [1.165, 1.54) is 18.7 Å². The molecule has 0 aliphatic rings.